The number of hydrogen-bond donors (Lipinski definition) is 1. The second kappa shape index (κ2) is 6.88. The van der Waals surface area contributed by atoms with Crippen LogP contribution in [0.5, 0.6) is 5.75 Å². The molecule has 2 rings (SSSR count). The molecule has 0 amide bonds. The van der Waals surface area contributed by atoms with Gasteiger partial charge in [0, 0.05) is 25.2 Å². The lowest BCUT2D eigenvalue weighted by atomic mass is 10.1. The van der Waals surface area contributed by atoms with Crippen molar-refractivity contribution in [3.8, 4) is 5.75 Å². The first kappa shape index (κ1) is 15.0. The van der Waals surface area contributed by atoms with Crippen molar-refractivity contribution >= 4 is 43.2 Å². The summed E-state index contributed by atoms with van der Waals surface area (Å²) in [6.45, 7) is 2.59. The van der Waals surface area contributed by atoms with Crippen LogP contribution in [0.1, 0.15) is 17.4 Å². The molecule has 0 spiro atoms. The molecule has 0 bridgehead atoms. The van der Waals surface area contributed by atoms with Gasteiger partial charge in [-0.05, 0) is 59.1 Å². The highest BCUT2D eigenvalue weighted by atomic mass is 79.9. The smallest absolute Gasteiger partial charge is 0.123 e. The SMILES string of the molecule is CC(N)Cc1cc(Br)ccc1OCc1cc(Br)cs1. The Kier molecular flexibility index (Phi) is 5.45. The normalized spacial score (nSPS) is 12.4. The summed E-state index contributed by atoms with van der Waals surface area (Å²) in [4.78, 5) is 1.20. The molecule has 0 saturated heterocycles. The van der Waals surface area contributed by atoms with E-state index in [9.17, 15) is 0 Å². The number of rotatable bonds is 5. The third kappa shape index (κ3) is 4.60. The van der Waals surface area contributed by atoms with Gasteiger partial charge in [0.2, 0.25) is 0 Å². The van der Waals surface area contributed by atoms with Crippen LogP contribution in [-0.2, 0) is 13.0 Å². The number of benzene rings is 1. The van der Waals surface area contributed by atoms with Crippen molar-refractivity contribution in [1.82, 2.24) is 0 Å². The Balaban J connectivity index is 2.10. The van der Waals surface area contributed by atoms with E-state index >= 15 is 0 Å². The number of hydrogen-bond acceptors (Lipinski definition) is 3. The van der Waals surface area contributed by atoms with Crippen molar-refractivity contribution in [2.75, 3.05) is 0 Å². The van der Waals surface area contributed by atoms with Crippen LogP contribution >= 0.6 is 43.2 Å². The second-order valence-electron chi connectivity index (χ2n) is 4.45. The van der Waals surface area contributed by atoms with Crippen LogP contribution in [0, 0.1) is 0 Å². The van der Waals surface area contributed by atoms with Crippen molar-refractivity contribution in [2.45, 2.75) is 26.0 Å². The Hall–Kier alpha value is -0.360. The summed E-state index contributed by atoms with van der Waals surface area (Å²) < 4.78 is 8.06. The lowest BCUT2D eigenvalue weighted by Gasteiger charge is -2.13. The van der Waals surface area contributed by atoms with E-state index in [0.29, 0.717) is 6.61 Å². The van der Waals surface area contributed by atoms with E-state index in [1.807, 2.05) is 19.1 Å². The quantitative estimate of drug-likeness (QED) is 0.780. The van der Waals surface area contributed by atoms with Crippen LogP contribution in [0.25, 0.3) is 0 Å². The minimum absolute atomic E-state index is 0.118. The zero-order valence-electron chi connectivity index (χ0n) is 10.5. The van der Waals surface area contributed by atoms with Gasteiger partial charge in [-0.1, -0.05) is 15.9 Å². The van der Waals surface area contributed by atoms with Crippen molar-refractivity contribution in [1.29, 1.82) is 0 Å². The van der Waals surface area contributed by atoms with E-state index in [1.165, 1.54) is 4.88 Å². The molecule has 0 aliphatic rings. The van der Waals surface area contributed by atoms with Crippen LogP contribution in [-0.4, -0.2) is 6.04 Å². The molecule has 1 aromatic carbocycles. The molecule has 2 nitrogen and oxygen atoms in total. The maximum atomic E-state index is 5.91. The Morgan fingerprint density at radius 1 is 1.26 bits per heavy atom. The predicted molar refractivity (Wildman–Crippen MR) is 87.8 cm³/mol. The van der Waals surface area contributed by atoms with Gasteiger partial charge in [-0.2, -0.15) is 0 Å². The molecule has 1 heterocycles. The number of ether oxygens (including phenoxy) is 1. The Morgan fingerprint density at radius 3 is 2.68 bits per heavy atom. The van der Waals surface area contributed by atoms with E-state index in [0.717, 1.165) is 26.7 Å². The molecule has 2 aromatic rings. The van der Waals surface area contributed by atoms with Crippen molar-refractivity contribution < 1.29 is 4.74 Å². The zero-order valence-corrected chi connectivity index (χ0v) is 14.5. The molecule has 0 aliphatic carbocycles. The Labute approximate surface area is 134 Å². The van der Waals surface area contributed by atoms with E-state index in [4.69, 9.17) is 10.5 Å². The van der Waals surface area contributed by atoms with Gasteiger partial charge in [0.1, 0.15) is 12.4 Å². The number of halogens is 2. The molecular weight excluding hydrogens is 390 g/mol. The maximum absolute atomic E-state index is 5.91. The summed E-state index contributed by atoms with van der Waals surface area (Å²) in [5.41, 5.74) is 7.02. The van der Waals surface area contributed by atoms with Gasteiger partial charge in [0.05, 0.1) is 0 Å². The van der Waals surface area contributed by atoms with Crippen LogP contribution in [0.15, 0.2) is 38.6 Å². The summed E-state index contributed by atoms with van der Waals surface area (Å²) in [6, 6.07) is 8.25. The first-order valence-electron chi connectivity index (χ1n) is 5.94. The molecule has 1 unspecified atom stereocenters. The first-order chi connectivity index (χ1) is 9.04. The molecule has 0 saturated carbocycles. The highest BCUT2D eigenvalue weighted by Crippen LogP contribution is 2.27. The third-order valence-electron chi connectivity index (χ3n) is 2.56. The maximum Gasteiger partial charge on any atom is 0.123 e. The Bertz CT molecular complexity index is 554. The molecule has 0 radical (unpaired) electrons. The molecule has 0 aliphatic heterocycles. The second-order valence-corrected chi connectivity index (χ2v) is 7.28. The van der Waals surface area contributed by atoms with Crippen LogP contribution < -0.4 is 10.5 Å². The minimum atomic E-state index is 0.118. The molecule has 1 atom stereocenters. The fourth-order valence-electron chi connectivity index (χ4n) is 1.77. The van der Waals surface area contributed by atoms with E-state index in [1.54, 1.807) is 11.3 Å². The monoisotopic (exact) mass is 403 g/mol. The molecular formula is C14H15Br2NOS. The van der Waals surface area contributed by atoms with E-state index in [-0.39, 0.29) is 6.04 Å². The van der Waals surface area contributed by atoms with Gasteiger partial charge < -0.3 is 10.5 Å². The number of thiophene rings is 1. The topological polar surface area (TPSA) is 35.2 Å². The van der Waals surface area contributed by atoms with Gasteiger partial charge in [-0.25, -0.2) is 0 Å². The van der Waals surface area contributed by atoms with E-state index in [2.05, 4.69) is 49.4 Å². The fraction of sp³-hybridized carbons (Fsp3) is 0.286. The van der Waals surface area contributed by atoms with E-state index < -0.39 is 0 Å². The van der Waals surface area contributed by atoms with Gasteiger partial charge >= 0.3 is 0 Å². The highest BCUT2D eigenvalue weighted by Gasteiger charge is 2.08. The van der Waals surface area contributed by atoms with Crippen LogP contribution in [0.4, 0.5) is 0 Å². The molecule has 2 N–H and O–H groups in total. The lowest BCUT2D eigenvalue weighted by Crippen LogP contribution is -2.18. The van der Waals surface area contributed by atoms with Gasteiger partial charge in [-0.3, -0.25) is 0 Å². The molecule has 1 aromatic heterocycles. The summed E-state index contributed by atoms with van der Waals surface area (Å²) in [7, 11) is 0. The average molecular weight is 405 g/mol. The minimum Gasteiger partial charge on any atom is -0.488 e. The van der Waals surface area contributed by atoms with Gasteiger partial charge in [0.25, 0.3) is 0 Å². The Morgan fingerprint density at radius 2 is 2.05 bits per heavy atom. The summed E-state index contributed by atoms with van der Waals surface area (Å²) >= 11 is 8.62. The number of nitrogens with two attached hydrogens (primary N) is 1. The van der Waals surface area contributed by atoms with Gasteiger partial charge in [-0.15, -0.1) is 11.3 Å². The van der Waals surface area contributed by atoms with Crippen molar-refractivity contribution in [2.24, 2.45) is 5.73 Å². The predicted octanol–water partition coefficient (Wildman–Crippen LogP) is 4.74. The van der Waals surface area contributed by atoms with Crippen LogP contribution in [0.2, 0.25) is 0 Å². The fourth-order valence-corrected chi connectivity index (χ4v) is 3.54. The summed E-state index contributed by atoms with van der Waals surface area (Å²) in [6.07, 6.45) is 0.808. The zero-order chi connectivity index (χ0) is 13.8. The van der Waals surface area contributed by atoms with Crippen LogP contribution in [0.3, 0.4) is 0 Å². The molecule has 0 fully saturated rings. The lowest BCUT2D eigenvalue weighted by molar-refractivity contribution is 0.306. The molecule has 19 heavy (non-hydrogen) atoms. The standard InChI is InChI=1S/C14H15Br2NOS/c1-9(17)4-10-5-11(15)2-3-14(10)18-7-13-6-12(16)8-19-13/h2-3,5-6,8-9H,4,7,17H2,1H3. The van der Waals surface area contributed by atoms with Crippen molar-refractivity contribution in [3.05, 3.63) is 49.0 Å². The largest absolute Gasteiger partial charge is 0.488 e. The van der Waals surface area contributed by atoms with Crippen molar-refractivity contribution in [3.63, 3.8) is 0 Å². The molecule has 5 heteroatoms. The first-order valence-corrected chi connectivity index (χ1v) is 8.41. The third-order valence-corrected chi connectivity index (χ3v) is 4.72. The average Bonchev–Trinajstić information content (AvgIpc) is 2.73. The molecule has 102 valence electrons. The summed E-state index contributed by atoms with van der Waals surface area (Å²) in [5.74, 6) is 0.907. The van der Waals surface area contributed by atoms with Gasteiger partial charge in [0.15, 0.2) is 0 Å². The highest BCUT2D eigenvalue weighted by molar-refractivity contribution is 9.10. The summed E-state index contributed by atoms with van der Waals surface area (Å²) in [5, 5.41) is 2.06.